The number of ether oxygens (including phenoxy) is 2. The molecule has 0 saturated heterocycles. The lowest BCUT2D eigenvalue weighted by Crippen LogP contribution is -2.09. The van der Waals surface area contributed by atoms with Gasteiger partial charge in [-0.2, -0.15) is 5.26 Å². The molecule has 0 atom stereocenters. The third-order valence-electron chi connectivity index (χ3n) is 2.18. The van der Waals surface area contributed by atoms with E-state index in [0.29, 0.717) is 28.4 Å². The first-order valence-corrected chi connectivity index (χ1v) is 5.52. The van der Waals surface area contributed by atoms with E-state index in [1.54, 1.807) is 19.1 Å². The highest BCUT2D eigenvalue weighted by Gasteiger charge is 2.13. The molecule has 0 aliphatic carbocycles. The molecule has 0 amide bonds. The van der Waals surface area contributed by atoms with Gasteiger partial charge in [0.05, 0.1) is 31.8 Å². The molecule has 0 N–H and O–H groups in total. The molecule has 0 aliphatic rings. The maximum atomic E-state index is 11.4. The average Bonchev–Trinajstić information content (AvgIpc) is 2.31. The summed E-state index contributed by atoms with van der Waals surface area (Å²) in [6.07, 6.45) is 0.0412. The molecule has 90 valence electrons. The molecule has 0 aliphatic heterocycles. The maximum Gasteiger partial charge on any atom is 0.310 e. The number of carbonyl (C=O) groups is 1. The second-order valence-electron chi connectivity index (χ2n) is 3.27. The van der Waals surface area contributed by atoms with Gasteiger partial charge >= 0.3 is 5.97 Å². The molecule has 17 heavy (non-hydrogen) atoms. The van der Waals surface area contributed by atoms with E-state index in [1.807, 2.05) is 6.07 Å². The van der Waals surface area contributed by atoms with E-state index >= 15 is 0 Å². The molecular formula is C12H13NO3S. The number of rotatable bonds is 4. The molecule has 0 fully saturated rings. The molecule has 0 aromatic heterocycles. The van der Waals surface area contributed by atoms with Crippen LogP contribution < -0.4 is 4.74 Å². The molecule has 4 nitrogen and oxygen atoms in total. The minimum absolute atomic E-state index is 0.0412. The van der Waals surface area contributed by atoms with Crippen LogP contribution in [-0.2, 0) is 16.0 Å². The van der Waals surface area contributed by atoms with Crippen molar-refractivity contribution in [1.82, 2.24) is 0 Å². The van der Waals surface area contributed by atoms with Gasteiger partial charge in [-0.3, -0.25) is 4.79 Å². The zero-order valence-electron chi connectivity index (χ0n) is 9.69. The van der Waals surface area contributed by atoms with Crippen LogP contribution in [0.15, 0.2) is 17.0 Å². The van der Waals surface area contributed by atoms with Crippen LogP contribution in [0.3, 0.4) is 0 Å². The molecule has 0 spiro atoms. The molecule has 1 rings (SSSR count). The van der Waals surface area contributed by atoms with Crippen LogP contribution in [0, 0.1) is 11.3 Å². The van der Waals surface area contributed by atoms with Crippen molar-refractivity contribution in [3.8, 4) is 11.8 Å². The summed E-state index contributed by atoms with van der Waals surface area (Å²) in [5.74, 6) is 0.170. The quantitative estimate of drug-likeness (QED) is 0.656. The lowest BCUT2D eigenvalue weighted by Gasteiger charge is -2.09. The fourth-order valence-electron chi connectivity index (χ4n) is 1.39. The zero-order valence-corrected chi connectivity index (χ0v) is 10.6. The number of thiol groups is 1. The Balaban J connectivity index is 3.07. The minimum atomic E-state index is -0.371. The molecule has 0 unspecified atom stereocenters. The fourth-order valence-corrected chi connectivity index (χ4v) is 1.72. The molecule has 0 radical (unpaired) electrons. The summed E-state index contributed by atoms with van der Waals surface area (Å²) in [7, 11) is 1.51. The summed E-state index contributed by atoms with van der Waals surface area (Å²) < 4.78 is 9.87. The third-order valence-corrected chi connectivity index (χ3v) is 2.58. The summed E-state index contributed by atoms with van der Waals surface area (Å²) in [6, 6.07) is 5.26. The lowest BCUT2D eigenvalue weighted by molar-refractivity contribution is -0.142. The fraction of sp³-hybridized carbons (Fsp3) is 0.333. The van der Waals surface area contributed by atoms with Crippen molar-refractivity contribution in [3.05, 3.63) is 23.3 Å². The number of nitrogens with zero attached hydrogens (tertiary/aromatic N) is 1. The Labute approximate surface area is 106 Å². The number of benzene rings is 1. The third kappa shape index (κ3) is 3.40. The SMILES string of the molecule is CCOC(=O)Cc1c(S)cc(OC)cc1C#N. The van der Waals surface area contributed by atoms with E-state index in [2.05, 4.69) is 12.6 Å². The van der Waals surface area contributed by atoms with Gasteiger partial charge < -0.3 is 9.47 Å². The Hall–Kier alpha value is -1.67. The molecule has 0 heterocycles. The first-order chi connectivity index (χ1) is 8.12. The topological polar surface area (TPSA) is 59.3 Å². The van der Waals surface area contributed by atoms with Crippen molar-refractivity contribution in [2.75, 3.05) is 13.7 Å². The standard InChI is InChI=1S/C12H13NO3S/c1-3-16-12(14)6-10-8(7-13)4-9(15-2)5-11(10)17/h4-5,17H,3,6H2,1-2H3. The van der Waals surface area contributed by atoms with E-state index < -0.39 is 0 Å². The summed E-state index contributed by atoms with van der Waals surface area (Å²) in [6.45, 7) is 2.05. The van der Waals surface area contributed by atoms with E-state index in [4.69, 9.17) is 14.7 Å². The molecule has 1 aromatic rings. The van der Waals surface area contributed by atoms with Gasteiger partial charge in [0.25, 0.3) is 0 Å². The molecule has 1 aromatic carbocycles. The Bertz CT molecular complexity index is 466. The molecular weight excluding hydrogens is 238 g/mol. The van der Waals surface area contributed by atoms with Crippen molar-refractivity contribution in [1.29, 1.82) is 5.26 Å². The highest BCUT2D eigenvalue weighted by Crippen LogP contribution is 2.25. The van der Waals surface area contributed by atoms with E-state index in [9.17, 15) is 4.79 Å². The van der Waals surface area contributed by atoms with Crippen LogP contribution in [0.1, 0.15) is 18.1 Å². The largest absolute Gasteiger partial charge is 0.497 e. The van der Waals surface area contributed by atoms with Gasteiger partial charge in [-0.05, 0) is 24.6 Å². The normalized spacial score (nSPS) is 9.53. The van der Waals surface area contributed by atoms with Gasteiger partial charge in [-0.15, -0.1) is 12.6 Å². The Morgan fingerprint density at radius 2 is 2.24 bits per heavy atom. The predicted octanol–water partition coefficient (Wildman–Crippen LogP) is 1.96. The van der Waals surface area contributed by atoms with Crippen LogP contribution in [0.2, 0.25) is 0 Å². The van der Waals surface area contributed by atoms with Gasteiger partial charge in [0.1, 0.15) is 5.75 Å². The minimum Gasteiger partial charge on any atom is -0.497 e. The number of hydrogen-bond donors (Lipinski definition) is 1. The number of methoxy groups -OCH3 is 1. The van der Waals surface area contributed by atoms with E-state index in [-0.39, 0.29) is 12.4 Å². The Morgan fingerprint density at radius 1 is 1.53 bits per heavy atom. The van der Waals surface area contributed by atoms with E-state index in [0.717, 1.165) is 0 Å². The van der Waals surface area contributed by atoms with Gasteiger partial charge in [-0.1, -0.05) is 0 Å². The second kappa shape index (κ2) is 6.16. The number of esters is 1. The number of nitriles is 1. The number of hydrogen-bond acceptors (Lipinski definition) is 5. The summed E-state index contributed by atoms with van der Waals surface area (Å²) in [5.41, 5.74) is 0.942. The van der Waals surface area contributed by atoms with Crippen LogP contribution in [0.25, 0.3) is 0 Å². The van der Waals surface area contributed by atoms with Gasteiger partial charge in [-0.25, -0.2) is 0 Å². The maximum absolute atomic E-state index is 11.4. The zero-order chi connectivity index (χ0) is 12.8. The van der Waals surface area contributed by atoms with Crippen LogP contribution in [-0.4, -0.2) is 19.7 Å². The smallest absolute Gasteiger partial charge is 0.310 e. The highest BCUT2D eigenvalue weighted by atomic mass is 32.1. The van der Waals surface area contributed by atoms with Crippen LogP contribution in [0.5, 0.6) is 5.75 Å². The van der Waals surface area contributed by atoms with Crippen molar-refractivity contribution in [2.45, 2.75) is 18.2 Å². The summed E-state index contributed by atoms with van der Waals surface area (Å²) in [4.78, 5) is 11.9. The van der Waals surface area contributed by atoms with E-state index in [1.165, 1.54) is 7.11 Å². The first kappa shape index (κ1) is 13.4. The predicted molar refractivity (Wildman–Crippen MR) is 65.3 cm³/mol. The van der Waals surface area contributed by atoms with Gasteiger partial charge in [0, 0.05) is 4.90 Å². The van der Waals surface area contributed by atoms with Crippen molar-refractivity contribution in [2.24, 2.45) is 0 Å². The first-order valence-electron chi connectivity index (χ1n) is 5.08. The summed E-state index contributed by atoms with van der Waals surface area (Å²) >= 11 is 4.25. The van der Waals surface area contributed by atoms with Crippen molar-refractivity contribution >= 4 is 18.6 Å². The monoisotopic (exact) mass is 251 g/mol. The lowest BCUT2D eigenvalue weighted by atomic mass is 10.0. The Morgan fingerprint density at radius 3 is 2.76 bits per heavy atom. The van der Waals surface area contributed by atoms with Gasteiger partial charge in [0.15, 0.2) is 0 Å². The Kier molecular flexibility index (Phi) is 4.85. The van der Waals surface area contributed by atoms with Crippen molar-refractivity contribution < 1.29 is 14.3 Å². The summed E-state index contributed by atoms with van der Waals surface area (Å²) in [5, 5.41) is 9.01. The van der Waals surface area contributed by atoms with Crippen LogP contribution in [0.4, 0.5) is 0 Å². The number of carbonyl (C=O) groups excluding carboxylic acids is 1. The molecule has 0 bridgehead atoms. The van der Waals surface area contributed by atoms with Crippen molar-refractivity contribution in [3.63, 3.8) is 0 Å². The average molecular weight is 251 g/mol. The molecule has 5 heteroatoms. The molecule has 0 saturated carbocycles. The van der Waals surface area contributed by atoms with Crippen LogP contribution >= 0.6 is 12.6 Å². The second-order valence-corrected chi connectivity index (χ2v) is 3.75. The van der Waals surface area contributed by atoms with Gasteiger partial charge in [0.2, 0.25) is 0 Å². The highest BCUT2D eigenvalue weighted by molar-refractivity contribution is 7.80.